The fraction of sp³-hybridized carbons (Fsp3) is 0.412. The van der Waals surface area contributed by atoms with Crippen LogP contribution in [0.1, 0.15) is 24.2 Å². The Labute approximate surface area is 130 Å². The third kappa shape index (κ3) is 2.52. The Morgan fingerprint density at radius 2 is 2.23 bits per heavy atom. The first-order valence-corrected chi connectivity index (χ1v) is 7.95. The highest BCUT2D eigenvalue weighted by Gasteiger charge is 2.25. The lowest BCUT2D eigenvalue weighted by atomic mass is 10.2. The molecule has 1 aliphatic rings. The number of aryl methyl sites for hydroxylation is 1. The van der Waals surface area contributed by atoms with E-state index in [1.165, 1.54) is 18.5 Å². The van der Waals surface area contributed by atoms with E-state index in [1.54, 1.807) is 0 Å². The molecule has 0 aromatic carbocycles. The van der Waals surface area contributed by atoms with Gasteiger partial charge in [-0.2, -0.15) is 5.10 Å². The molecule has 0 bridgehead atoms. The van der Waals surface area contributed by atoms with Crippen molar-refractivity contribution in [3.8, 4) is 0 Å². The Hall–Kier alpha value is -2.14. The highest BCUT2D eigenvalue weighted by Crippen LogP contribution is 2.21. The number of nitrogens with zero attached hydrogens (tertiary/aromatic N) is 5. The number of pyridine rings is 1. The normalized spacial score (nSPS) is 19.2. The van der Waals surface area contributed by atoms with Gasteiger partial charge in [-0.1, -0.05) is 6.07 Å². The molecule has 0 spiro atoms. The molecule has 1 atom stereocenters. The van der Waals surface area contributed by atoms with Gasteiger partial charge >= 0.3 is 0 Å². The second-order valence-electron chi connectivity index (χ2n) is 6.12. The zero-order valence-corrected chi connectivity index (χ0v) is 12.9. The van der Waals surface area contributed by atoms with Crippen LogP contribution in [0.5, 0.6) is 0 Å². The van der Waals surface area contributed by atoms with Gasteiger partial charge in [0.1, 0.15) is 5.65 Å². The molecule has 0 radical (unpaired) electrons. The van der Waals surface area contributed by atoms with Crippen molar-refractivity contribution >= 4 is 5.65 Å². The van der Waals surface area contributed by atoms with E-state index in [4.69, 9.17) is 4.98 Å². The zero-order chi connectivity index (χ0) is 14.9. The van der Waals surface area contributed by atoms with E-state index in [2.05, 4.69) is 45.7 Å². The second-order valence-corrected chi connectivity index (χ2v) is 6.12. The first kappa shape index (κ1) is 13.5. The summed E-state index contributed by atoms with van der Waals surface area (Å²) in [6.07, 6.45) is 8.58. The van der Waals surface area contributed by atoms with E-state index >= 15 is 0 Å². The Bertz CT molecular complexity index is 759. The summed E-state index contributed by atoms with van der Waals surface area (Å²) in [4.78, 5) is 7.31. The summed E-state index contributed by atoms with van der Waals surface area (Å²) in [5.41, 5.74) is 3.42. The Balaban J connectivity index is 1.52. The van der Waals surface area contributed by atoms with Crippen LogP contribution in [0.2, 0.25) is 0 Å². The minimum atomic E-state index is 0.561. The minimum absolute atomic E-state index is 0.561. The van der Waals surface area contributed by atoms with Gasteiger partial charge in [0.05, 0.1) is 12.2 Å². The van der Waals surface area contributed by atoms with E-state index in [1.807, 2.05) is 23.1 Å². The number of imidazole rings is 1. The third-order valence-electron chi connectivity index (χ3n) is 4.57. The molecule has 1 aliphatic heterocycles. The number of hydrogen-bond acceptors (Lipinski definition) is 3. The molecule has 1 fully saturated rings. The lowest BCUT2D eigenvalue weighted by Crippen LogP contribution is -2.32. The van der Waals surface area contributed by atoms with Crippen LogP contribution in [0.4, 0.5) is 0 Å². The van der Waals surface area contributed by atoms with Gasteiger partial charge in [-0.25, -0.2) is 4.98 Å². The summed E-state index contributed by atoms with van der Waals surface area (Å²) in [6.45, 7) is 5.17. The predicted molar refractivity (Wildman–Crippen MR) is 85.6 cm³/mol. The molecule has 1 saturated heterocycles. The lowest BCUT2D eigenvalue weighted by molar-refractivity contribution is 0.217. The Morgan fingerprint density at radius 1 is 1.27 bits per heavy atom. The third-order valence-corrected chi connectivity index (χ3v) is 4.57. The molecule has 0 amide bonds. The van der Waals surface area contributed by atoms with Crippen molar-refractivity contribution in [1.29, 1.82) is 0 Å². The highest BCUT2D eigenvalue weighted by atomic mass is 15.3. The SMILES string of the molecule is Cc1cccc2nc(CN3CCCC3Cn3cccn3)cn12. The van der Waals surface area contributed by atoms with Crippen LogP contribution in [0.15, 0.2) is 42.9 Å². The summed E-state index contributed by atoms with van der Waals surface area (Å²) < 4.78 is 4.21. The quantitative estimate of drug-likeness (QED) is 0.742. The fourth-order valence-electron chi connectivity index (χ4n) is 3.42. The van der Waals surface area contributed by atoms with Gasteiger partial charge in [-0.15, -0.1) is 0 Å². The summed E-state index contributed by atoms with van der Waals surface area (Å²) in [6, 6.07) is 8.81. The summed E-state index contributed by atoms with van der Waals surface area (Å²) >= 11 is 0. The van der Waals surface area contributed by atoms with Crippen molar-refractivity contribution < 1.29 is 0 Å². The van der Waals surface area contributed by atoms with Crippen LogP contribution in [0.3, 0.4) is 0 Å². The van der Waals surface area contributed by atoms with Crippen LogP contribution in [0.25, 0.3) is 5.65 Å². The van der Waals surface area contributed by atoms with E-state index in [0.717, 1.165) is 31.0 Å². The highest BCUT2D eigenvalue weighted by molar-refractivity contribution is 5.41. The van der Waals surface area contributed by atoms with E-state index in [-0.39, 0.29) is 0 Å². The first-order chi connectivity index (χ1) is 10.8. The molecular weight excluding hydrogens is 274 g/mol. The van der Waals surface area contributed by atoms with Crippen molar-refractivity contribution in [3.63, 3.8) is 0 Å². The van der Waals surface area contributed by atoms with Crippen molar-refractivity contribution in [2.45, 2.75) is 38.9 Å². The molecule has 0 N–H and O–H groups in total. The maximum absolute atomic E-state index is 4.77. The number of likely N-dealkylation sites (tertiary alicyclic amines) is 1. The average molecular weight is 295 g/mol. The molecule has 4 heterocycles. The van der Waals surface area contributed by atoms with Crippen molar-refractivity contribution in [2.24, 2.45) is 0 Å². The fourth-order valence-corrected chi connectivity index (χ4v) is 3.42. The molecule has 3 aromatic rings. The first-order valence-electron chi connectivity index (χ1n) is 7.95. The van der Waals surface area contributed by atoms with E-state index < -0.39 is 0 Å². The molecule has 3 aromatic heterocycles. The van der Waals surface area contributed by atoms with Gasteiger partial charge in [0.15, 0.2) is 0 Å². The molecule has 0 aliphatic carbocycles. The standard InChI is InChI=1S/C17H21N5/c1-14-5-2-7-17-19-15(12-22(14)17)11-20-9-3-6-16(20)13-21-10-4-8-18-21/h2,4-5,7-8,10,12,16H,3,6,9,11,13H2,1H3. The average Bonchev–Trinajstić information content (AvgIpc) is 3.22. The molecule has 5 nitrogen and oxygen atoms in total. The van der Waals surface area contributed by atoms with Gasteiger partial charge in [0.2, 0.25) is 0 Å². The predicted octanol–water partition coefficient (Wildman–Crippen LogP) is 2.50. The largest absolute Gasteiger partial charge is 0.304 e. The van der Waals surface area contributed by atoms with Crippen LogP contribution in [-0.2, 0) is 13.1 Å². The van der Waals surface area contributed by atoms with Gasteiger partial charge in [0.25, 0.3) is 0 Å². The molecule has 1 unspecified atom stereocenters. The smallest absolute Gasteiger partial charge is 0.137 e. The summed E-state index contributed by atoms with van der Waals surface area (Å²) in [5.74, 6) is 0. The van der Waals surface area contributed by atoms with Crippen LogP contribution >= 0.6 is 0 Å². The maximum atomic E-state index is 4.77. The number of fused-ring (bicyclic) bond motifs is 1. The van der Waals surface area contributed by atoms with Crippen molar-refractivity contribution in [1.82, 2.24) is 24.1 Å². The monoisotopic (exact) mass is 295 g/mol. The molecule has 5 heteroatoms. The lowest BCUT2D eigenvalue weighted by Gasteiger charge is -2.23. The van der Waals surface area contributed by atoms with Gasteiger partial charge in [-0.05, 0) is 44.5 Å². The minimum Gasteiger partial charge on any atom is -0.304 e. The van der Waals surface area contributed by atoms with Crippen molar-refractivity contribution in [2.75, 3.05) is 6.54 Å². The number of hydrogen-bond donors (Lipinski definition) is 0. The molecule has 0 saturated carbocycles. The van der Waals surface area contributed by atoms with Crippen LogP contribution in [-0.4, -0.2) is 36.7 Å². The van der Waals surface area contributed by atoms with Gasteiger partial charge < -0.3 is 4.40 Å². The van der Waals surface area contributed by atoms with Gasteiger partial charge in [-0.3, -0.25) is 9.58 Å². The topological polar surface area (TPSA) is 38.4 Å². The molecule has 22 heavy (non-hydrogen) atoms. The molecule has 4 rings (SSSR count). The summed E-state index contributed by atoms with van der Waals surface area (Å²) in [7, 11) is 0. The molecular formula is C17H21N5. The number of aromatic nitrogens is 4. The van der Waals surface area contributed by atoms with Crippen molar-refractivity contribution in [3.05, 3.63) is 54.2 Å². The van der Waals surface area contributed by atoms with E-state index in [0.29, 0.717) is 6.04 Å². The summed E-state index contributed by atoms with van der Waals surface area (Å²) in [5, 5.41) is 4.34. The van der Waals surface area contributed by atoms with Gasteiger partial charge in [0, 0.05) is 36.9 Å². The van der Waals surface area contributed by atoms with E-state index in [9.17, 15) is 0 Å². The zero-order valence-electron chi connectivity index (χ0n) is 12.9. The number of rotatable bonds is 4. The maximum Gasteiger partial charge on any atom is 0.137 e. The van der Waals surface area contributed by atoms with Crippen LogP contribution < -0.4 is 0 Å². The molecule has 114 valence electrons. The second kappa shape index (κ2) is 5.57. The van der Waals surface area contributed by atoms with Crippen LogP contribution in [0, 0.1) is 6.92 Å². The Morgan fingerprint density at radius 3 is 3.05 bits per heavy atom. The Kier molecular flexibility index (Phi) is 3.42.